The van der Waals surface area contributed by atoms with Crippen molar-refractivity contribution in [3.63, 3.8) is 0 Å². The Labute approximate surface area is 185 Å². The second kappa shape index (κ2) is 10.7. The topological polar surface area (TPSA) is 99.0 Å². The summed E-state index contributed by atoms with van der Waals surface area (Å²) in [6.07, 6.45) is -0.209. The Bertz CT molecular complexity index is 1040. The van der Waals surface area contributed by atoms with Crippen molar-refractivity contribution >= 4 is 23.6 Å². The monoisotopic (exact) mass is 439 g/mol. The number of Topliss-reactive ketones (excluding diaryl/α,β-unsaturated/α-hetero) is 1. The molecule has 3 aromatic rings. The summed E-state index contributed by atoms with van der Waals surface area (Å²) >= 11 is 1.39. The molecule has 0 spiro atoms. The molecular formula is C22H25N5O3S. The zero-order valence-electron chi connectivity index (χ0n) is 17.7. The fourth-order valence-corrected chi connectivity index (χ4v) is 3.68. The third-order valence-electron chi connectivity index (χ3n) is 4.57. The van der Waals surface area contributed by atoms with Crippen LogP contribution in [-0.2, 0) is 22.7 Å². The summed E-state index contributed by atoms with van der Waals surface area (Å²) in [4.78, 5) is 27.0. The first-order chi connectivity index (χ1) is 14.9. The quantitative estimate of drug-likeness (QED) is 0.542. The van der Waals surface area contributed by atoms with Crippen LogP contribution in [0.1, 0.15) is 30.0 Å². The zero-order chi connectivity index (χ0) is 22.2. The Morgan fingerprint density at radius 3 is 2.65 bits per heavy atom. The molecular weight excluding hydrogens is 414 g/mol. The highest BCUT2D eigenvalue weighted by Crippen LogP contribution is 2.27. The highest BCUT2D eigenvalue weighted by molar-refractivity contribution is 7.99. The van der Waals surface area contributed by atoms with E-state index in [1.807, 2.05) is 63.2 Å². The third kappa shape index (κ3) is 6.65. The SMILES string of the molecule is CCC(NC(=O)OCc1ccccc1)C(=O)Cn1nnc(Sc2ccc(C)cc2C)n1. The first-order valence-corrected chi connectivity index (χ1v) is 10.8. The number of aromatic nitrogens is 4. The van der Waals surface area contributed by atoms with Crippen molar-refractivity contribution in [2.24, 2.45) is 0 Å². The molecule has 1 heterocycles. The van der Waals surface area contributed by atoms with Crippen LogP contribution in [0.3, 0.4) is 0 Å². The Balaban J connectivity index is 1.52. The van der Waals surface area contributed by atoms with Crippen LogP contribution in [0.25, 0.3) is 0 Å². The second-order valence-electron chi connectivity index (χ2n) is 7.11. The lowest BCUT2D eigenvalue weighted by molar-refractivity contribution is -0.122. The van der Waals surface area contributed by atoms with Crippen LogP contribution in [0, 0.1) is 13.8 Å². The Kier molecular flexibility index (Phi) is 7.77. The zero-order valence-corrected chi connectivity index (χ0v) is 18.6. The lowest BCUT2D eigenvalue weighted by Gasteiger charge is -2.15. The third-order valence-corrected chi connectivity index (χ3v) is 5.59. The molecule has 31 heavy (non-hydrogen) atoms. The predicted molar refractivity (Wildman–Crippen MR) is 117 cm³/mol. The highest BCUT2D eigenvalue weighted by Gasteiger charge is 2.21. The van der Waals surface area contributed by atoms with E-state index < -0.39 is 12.1 Å². The molecule has 9 heteroatoms. The van der Waals surface area contributed by atoms with Crippen LogP contribution in [0.5, 0.6) is 0 Å². The minimum Gasteiger partial charge on any atom is -0.445 e. The molecule has 0 saturated carbocycles. The molecule has 1 atom stereocenters. The molecule has 1 aromatic heterocycles. The van der Waals surface area contributed by atoms with Crippen molar-refractivity contribution < 1.29 is 14.3 Å². The molecule has 1 N–H and O–H groups in total. The van der Waals surface area contributed by atoms with E-state index >= 15 is 0 Å². The van der Waals surface area contributed by atoms with Gasteiger partial charge in [-0.05, 0) is 54.4 Å². The van der Waals surface area contributed by atoms with Crippen LogP contribution in [0.2, 0.25) is 0 Å². The Morgan fingerprint density at radius 2 is 1.94 bits per heavy atom. The molecule has 162 valence electrons. The van der Waals surface area contributed by atoms with Crippen molar-refractivity contribution in [3.05, 3.63) is 65.2 Å². The van der Waals surface area contributed by atoms with Crippen LogP contribution in [0.4, 0.5) is 4.79 Å². The summed E-state index contributed by atoms with van der Waals surface area (Å²) in [5.74, 6) is -0.223. The van der Waals surface area contributed by atoms with E-state index in [1.54, 1.807) is 0 Å². The van der Waals surface area contributed by atoms with E-state index in [-0.39, 0.29) is 18.9 Å². The molecule has 2 aromatic carbocycles. The number of hydrogen-bond donors (Lipinski definition) is 1. The van der Waals surface area contributed by atoms with Gasteiger partial charge in [-0.1, -0.05) is 55.0 Å². The second-order valence-corrected chi connectivity index (χ2v) is 8.12. The first-order valence-electron chi connectivity index (χ1n) is 9.97. The normalized spacial score (nSPS) is 11.7. The molecule has 1 amide bonds. The van der Waals surface area contributed by atoms with E-state index in [4.69, 9.17) is 4.74 Å². The van der Waals surface area contributed by atoms with Crippen LogP contribution >= 0.6 is 11.8 Å². The number of carbonyl (C=O) groups excluding carboxylic acids is 2. The van der Waals surface area contributed by atoms with Gasteiger partial charge in [0.1, 0.15) is 13.2 Å². The van der Waals surface area contributed by atoms with E-state index in [0.29, 0.717) is 11.6 Å². The minimum absolute atomic E-state index is 0.0854. The number of rotatable bonds is 9. The van der Waals surface area contributed by atoms with Crippen molar-refractivity contribution in [1.29, 1.82) is 0 Å². The number of benzene rings is 2. The summed E-state index contributed by atoms with van der Waals surface area (Å²) < 4.78 is 5.19. The number of alkyl carbamates (subject to hydrolysis) is 1. The predicted octanol–water partition coefficient (Wildman–Crippen LogP) is 3.72. The molecule has 0 aliphatic heterocycles. The number of aryl methyl sites for hydroxylation is 2. The van der Waals surface area contributed by atoms with Crippen molar-refractivity contribution in [2.45, 2.75) is 56.4 Å². The Hall–Kier alpha value is -3.20. The van der Waals surface area contributed by atoms with Crippen molar-refractivity contribution in [2.75, 3.05) is 0 Å². The summed E-state index contributed by atoms with van der Waals surface area (Å²) in [5.41, 5.74) is 3.18. The number of ketones is 1. The van der Waals surface area contributed by atoms with Crippen LogP contribution < -0.4 is 5.32 Å². The number of carbonyl (C=O) groups is 2. The van der Waals surface area contributed by atoms with Gasteiger partial charge in [0, 0.05) is 4.90 Å². The van der Waals surface area contributed by atoms with Gasteiger partial charge in [0.25, 0.3) is 0 Å². The summed E-state index contributed by atoms with van der Waals surface area (Å²) in [5, 5.41) is 15.3. The fraction of sp³-hybridized carbons (Fsp3) is 0.318. The van der Waals surface area contributed by atoms with Gasteiger partial charge in [-0.2, -0.15) is 4.80 Å². The van der Waals surface area contributed by atoms with Gasteiger partial charge in [-0.3, -0.25) is 4.79 Å². The average molecular weight is 440 g/mol. The number of tetrazole rings is 1. The van der Waals surface area contributed by atoms with Gasteiger partial charge in [0.05, 0.1) is 6.04 Å². The Morgan fingerprint density at radius 1 is 1.16 bits per heavy atom. The number of nitrogens with one attached hydrogen (secondary N) is 1. The summed E-state index contributed by atoms with van der Waals surface area (Å²) in [7, 11) is 0. The first kappa shape index (κ1) is 22.5. The highest BCUT2D eigenvalue weighted by atomic mass is 32.2. The smallest absolute Gasteiger partial charge is 0.408 e. The maximum absolute atomic E-state index is 12.6. The van der Waals surface area contributed by atoms with Gasteiger partial charge in [-0.15, -0.1) is 10.2 Å². The number of ether oxygens (including phenoxy) is 1. The maximum atomic E-state index is 12.6. The average Bonchev–Trinajstić information content (AvgIpc) is 3.20. The van der Waals surface area contributed by atoms with E-state index in [1.165, 1.54) is 22.1 Å². The molecule has 0 saturated heterocycles. The van der Waals surface area contributed by atoms with Crippen LogP contribution in [-0.4, -0.2) is 38.1 Å². The minimum atomic E-state index is -0.690. The van der Waals surface area contributed by atoms with Gasteiger partial charge >= 0.3 is 6.09 Å². The molecule has 0 radical (unpaired) electrons. The fourth-order valence-electron chi connectivity index (χ4n) is 2.92. The molecule has 0 bridgehead atoms. The van der Waals surface area contributed by atoms with E-state index in [0.717, 1.165) is 16.0 Å². The standard InChI is InChI=1S/C22H25N5O3S/c1-4-18(23-22(29)30-14-17-8-6-5-7-9-17)19(28)13-27-25-21(24-26-27)31-20-11-10-15(2)12-16(20)3/h5-12,18H,4,13-14H2,1-3H3,(H,23,29). The molecule has 1 unspecified atom stereocenters. The number of hydrogen-bond acceptors (Lipinski definition) is 7. The van der Waals surface area contributed by atoms with E-state index in [9.17, 15) is 9.59 Å². The molecule has 3 rings (SSSR count). The van der Waals surface area contributed by atoms with Crippen molar-refractivity contribution in [1.82, 2.24) is 25.5 Å². The number of amides is 1. The largest absolute Gasteiger partial charge is 0.445 e. The summed E-state index contributed by atoms with van der Waals surface area (Å²) in [6.45, 7) is 5.93. The van der Waals surface area contributed by atoms with Gasteiger partial charge in [0.15, 0.2) is 5.78 Å². The van der Waals surface area contributed by atoms with Gasteiger partial charge < -0.3 is 10.1 Å². The lowest BCUT2D eigenvalue weighted by atomic mass is 10.1. The summed E-state index contributed by atoms with van der Waals surface area (Å²) in [6, 6.07) is 14.8. The van der Waals surface area contributed by atoms with Gasteiger partial charge in [0.2, 0.25) is 5.16 Å². The molecule has 0 aliphatic rings. The van der Waals surface area contributed by atoms with Gasteiger partial charge in [-0.25, -0.2) is 4.79 Å². The van der Waals surface area contributed by atoms with Crippen molar-refractivity contribution in [3.8, 4) is 0 Å². The van der Waals surface area contributed by atoms with Crippen LogP contribution in [0.15, 0.2) is 58.6 Å². The van der Waals surface area contributed by atoms with E-state index in [2.05, 4.69) is 26.8 Å². The molecule has 0 aliphatic carbocycles. The lowest BCUT2D eigenvalue weighted by Crippen LogP contribution is -2.42. The maximum Gasteiger partial charge on any atom is 0.408 e. The number of nitrogens with zero attached hydrogens (tertiary/aromatic N) is 4. The molecule has 0 fully saturated rings. The molecule has 8 nitrogen and oxygen atoms in total.